The number of furan rings is 1. The van der Waals surface area contributed by atoms with Crippen molar-refractivity contribution in [2.75, 3.05) is 26.2 Å². The van der Waals surface area contributed by atoms with Gasteiger partial charge in [-0.25, -0.2) is 5.01 Å². The first-order chi connectivity index (χ1) is 16.1. The van der Waals surface area contributed by atoms with E-state index in [1.807, 2.05) is 17.0 Å². The zero-order valence-electron chi connectivity index (χ0n) is 19.3. The summed E-state index contributed by atoms with van der Waals surface area (Å²) >= 11 is 0. The Labute approximate surface area is 195 Å². The molecule has 2 unspecified atom stereocenters. The van der Waals surface area contributed by atoms with Gasteiger partial charge in [0.2, 0.25) is 5.91 Å². The molecule has 0 radical (unpaired) electrons. The van der Waals surface area contributed by atoms with Gasteiger partial charge in [0.05, 0.1) is 24.6 Å². The molecule has 7 heteroatoms. The predicted octanol–water partition coefficient (Wildman–Crippen LogP) is 3.74. The van der Waals surface area contributed by atoms with E-state index in [0.29, 0.717) is 6.42 Å². The average molecular weight is 449 g/mol. The van der Waals surface area contributed by atoms with Gasteiger partial charge in [-0.2, -0.15) is 5.10 Å². The fourth-order valence-corrected chi connectivity index (χ4v) is 5.22. The molecule has 4 heterocycles. The van der Waals surface area contributed by atoms with E-state index in [9.17, 15) is 9.59 Å². The molecule has 2 atom stereocenters. The van der Waals surface area contributed by atoms with Crippen LogP contribution < -0.4 is 0 Å². The monoisotopic (exact) mass is 448 g/mol. The summed E-state index contributed by atoms with van der Waals surface area (Å²) in [6.07, 6.45) is 7.26. The normalized spacial score (nSPS) is 23.7. The van der Waals surface area contributed by atoms with Crippen LogP contribution in [0.15, 0.2) is 52.2 Å². The molecule has 3 aliphatic heterocycles. The number of likely N-dealkylation sites (tertiary alicyclic amines) is 2. The van der Waals surface area contributed by atoms with E-state index in [1.165, 1.54) is 5.56 Å². The third kappa shape index (κ3) is 4.60. The maximum absolute atomic E-state index is 13.6. The van der Waals surface area contributed by atoms with Crippen LogP contribution in [0.5, 0.6) is 0 Å². The highest BCUT2D eigenvalue weighted by molar-refractivity contribution is 6.03. The summed E-state index contributed by atoms with van der Waals surface area (Å²) in [5.41, 5.74) is 3.09. The lowest BCUT2D eigenvalue weighted by atomic mass is 10.0. The van der Waals surface area contributed by atoms with Crippen LogP contribution in [-0.4, -0.2) is 64.6 Å². The summed E-state index contributed by atoms with van der Waals surface area (Å²) in [7, 11) is 0. The van der Waals surface area contributed by atoms with Gasteiger partial charge in [0, 0.05) is 19.5 Å². The van der Waals surface area contributed by atoms with Gasteiger partial charge in [0.15, 0.2) is 0 Å². The maximum atomic E-state index is 13.6. The zero-order chi connectivity index (χ0) is 22.8. The van der Waals surface area contributed by atoms with E-state index in [-0.39, 0.29) is 30.4 Å². The predicted molar refractivity (Wildman–Crippen MR) is 126 cm³/mol. The molecule has 2 fully saturated rings. The number of piperidine rings is 1. The summed E-state index contributed by atoms with van der Waals surface area (Å²) in [5.74, 6) is 0.838. The number of rotatable bonds is 5. The molecule has 0 spiro atoms. The van der Waals surface area contributed by atoms with Crippen LogP contribution in [0, 0.1) is 6.92 Å². The number of aryl methyl sites for hydroxylation is 1. The standard InChI is InChI=1S/C26H32N4O3/c1-19-9-11-20(12-10-19)21-17-23(24-8-6-16-33-24)30(27-21)25(31)18-29-15-3-2-7-22(29)26(32)28-13-4-5-14-28/h6,8-12,16,22-23H,2-5,7,13-15,17-18H2,1H3. The van der Waals surface area contributed by atoms with Gasteiger partial charge >= 0.3 is 0 Å². The number of benzene rings is 1. The van der Waals surface area contributed by atoms with E-state index < -0.39 is 0 Å². The smallest absolute Gasteiger partial charge is 0.257 e. The largest absolute Gasteiger partial charge is 0.467 e. The second kappa shape index (κ2) is 9.51. The molecule has 33 heavy (non-hydrogen) atoms. The van der Waals surface area contributed by atoms with Crippen molar-refractivity contribution in [1.29, 1.82) is 0 Å². The van der Waals surface area contributed by atoms with Crippen LogP contribution in [0.25, 0.3) is 0 Å². The number of hydrogen-bond acceptors (Lipinski definition) is 5. The Bertz CT molecular complexity index is 1010. The van der Waals surface area contributed by atoms with E-state index in [1.54, 1.807) is 11.3 Å². The molecule has 2 saturated heterocycles. The molecule has 5 rings (SSSR count). The van der Waals surface area contributed by atoms with E-state index in [2.05, 4.69) is 36.1 Å². The molecule has 2 amide bonds. The van der Waals surface area contributed by atoms with Crippen molar-refractivity contribution >= 4 is 17.5 Å². The summed E-state index contributed by atoms with van der Waals surface area (Å²) in [4.78, 5) is 30.7. The molecular weight excluding hydrogens is 416 g/mol. The Balaban J connectivity index is 1.36. The van der Waals surface area contributed by atoms with Gasteiger partial charge in [-0.15, -0.1) is 0 Å². The maximum Gasteiger partial charge on any atom is 0.257 e. The third-order valence-electron chi connectivity index (χ3n) is 7.08. The van der Waals surface area contributed by atoms with Crippen LogP contribution in [0.4, 0.5) is 0 Å². The highest BCUT2D eigenvalue weighted by Crippen LogP contribution is 2.33. The molecule has 0 N–H and O–H groups in total. The van der Waals surface area contributed by atoms with Gasteiger partial charge in [-0.1, -0.05) is 36.2 Å². The van der Waals surface area contributed by atoms with Gasteiger partial charge in [0.25, 0.3) is 5.91 Å². The van der Waals surface area contributed by atoms with Crippen molar-refractivity contribution < 1.29 is 14.0 Å². The second-order valence-corrected chi connectivity index (χ2v) is 9.40. The molecular formula is C26H32N4O3. The van der Waals surface area contributed by atoms with Crippen molar-refractivity contribution in [2.45, 2.75) is 57.5 Å². The first kappa shape index (κ1) is 21.9. The van der Waals surface area contributed by atoms with E-state index in [0.717, 1.165) is 68.8 Å². The quantitative estimate of drug-likeness (QED) is 0.699. The Morgan fingerprint density at radius 1 is 1.03 bits per heavy atom. The summed E-state index contributed by atoms with van der Waals surface area (Å²) in [5, 5.41) is 6.34. The molecule has 174 valence electrons. The first-order valence-corrected chi connectivity index (χ1v) is 12.1. The lowest BCUT2D eigenvalue weighted by Crippen LogP contribution is -2.53. The minimum Gasteiger partial charge on any atom is -0.467 e. The number of carbonyl (C=O) groups excluding carboxylic acids is 2. The lowest BCUT2D eigenvalue weighted by Gasteiger charge is -2.37. The number of nitrogens with zero attached hydrogens (tertiary/aromatic N) is 4. The highest BCUT2D eigenvalue weighted by atomic mass is 16.3. The van der Waals surface area contributed by atoms with Crippen LogP contribution in [0.3, 0.4) is 0 Å². The van der Waals surface area contributed by atoms with Gasteiger partial charge in [0.1, 0.15) is 11.8 Å². The zero-order valence-corrected chi connectivity index (χ0v) is 19.3. The van der Waals surface area contributed by atoms with Crippen molar-refractivity contribution in [3.8, 4) is 0 Å². The first-order valence-electron chi connectivity index (χ1n) is 12.1. The number of carbonyl (C=O) groups is 2. The average Bonchev–Trinajstić information content (AvgIpc) is 3.61. The molecule has 0 bridgehead atoms. The third-order valence-corrected chi connectivity index (χ3v) is 7.08. The topological polar surface area (TPSA) is 69.4 Å². The summed E-state index contributed by atoms with van der Waals surface area (Å²) in [6.45, 7) is 4.71. The number of hydrazone groups is 1. The van der Waals surface area contributed by atoms with Crippen molar-refractivity contribution in [2.24, 2.45) is 5.10 Å². The Kier molecular flexibility index (Phi) is 6.31. The Hall–Kier alpha value is -2.93. The second-order valence-electron chi connectivity index (χ2n) is 9.40. The van der Waals surface area contributed by atoms with Crippen LogP contribution in [0.1, 0.15) is 61.5 Å². The molecule has 7 nitrogen and oxygen atoms in total. The highest BCUT2D eigenvalue weighted by Gasteiger charge is 2.38. The molecule has 0 saturated carbocycles. The Morgan fingerprint density at radius 3 is 2.52 bits per heavy atom. The molecule has 1 aromatic heterocycles. The van der Waals surface area contributed by atoms with E-state index >= 15 is 0 Å². The minimum absolute atomic E-state index is 0.0837. The van der Waals surface area contributed by atoms with Crippen molar-refractivity contribution in [3.05, 3.63) is 59.5 Å². The van der Waals surface area contributed by atoms with Gasteiger partial charge in [-0.05, 0) is 56.8 Å². The van der Waals surface area contributed by atoms with Crippen LogP contribution in [-0.2, 0) is 9.59 Å². The number of amides is 2. The summed E-state index contributed by atoms with van der Waals surface area (Å²) in [6, 6.07) is 11.5. The fourth-order valence-electron chi connectivity index (χ4n) is 5.22. The lowest BCUT2D eigenvalue weighted by molar-refractivity contribution is -0.141. The SMILES string of the molecule is Cc1ccc(C2=NN(C(=O)CN3CCCCC3C(=O)N3CCCC3)C(c3ccco3)C2)cc1. The van der Waals surface area contributed by atoms with Gasteiger partial charge < -0.3 is 9.32 Å². The van der Waals surface area contributed by atoms with Gasteiger partial charge in [-0.3, -0.25) is 14.5 Å². The molecule has 1 aromatic carbocycles. The van der Waals surface area contributed by atoms with Crippen LogP contribution >= 0.6 is 0 Å². The molecule has 2 aromatic rings. The molecule has 3 aliphatic rings. The van der Waals surface area contributed by atoms with Crippen molar-refractivity contribution in [3.63, 3.8) is 0 Å². The van der Waals surface area contributed by atoms with Crippen LogP contribution in [0.2, 0.25) is 0 Å². The summed E-state index contributed by atoms with van der Waals surface area (Å²) < 4.78 is 5.68. The van der Waals surface area contributed by atoms with E-state index in [4.69, 9.17) is 9.52 Å². The van der Waals surface area contributed by atoms with Crippen molar-refractivity contribution in [1.82, 2.24) is 14.8 Å². The fraction of sp³-hybridized carbons (Fsp3) is 0.500. The number of hydrogen-bond donors (Lipinski definition) is 0. The molecule has 0 aliphatic carbocycles. The minimum atomic E-state index is -0.263. The Morgan fingerprint density at radius 2 is 1.79 bits per heavy atom.